The average molecular weight is 288 g/mol. The van der Waals surface area contributed by atoms with Gasteiger partial charge < -0.3 is 15.4 Å². The molecular weight excluding hydrogens is 266 g/mol. The molecule has 2 aliphatic heterocycles. The first-order valence-corrected chi connectivity index (χ1v) is 7.37. The van der Waals surface area contributed by atoms with Gasteiger partial charge in [-0.1, -0.05) is 6.92 Å². The maximum atomic E-state index is 9.70. The molecule has 1 saturated heterocycles. The van der Waals surface area contributed by atoms with Crippen molar-refractivity contribution in [1.82, 2.24) is 10.2 Å². The van der Waals surface area contributed by atoms with Crippen LogP contribution in [-0.4, -0.2) is 29.8 Å². The summed E-state index contributed by atoms with van der Waals surface area (Å²) < 4.78 is 5.58. The number of H-pyrrole nitrogens is 1. The van der Waals surface area contributed by atoms with Crippen molar-refractivity contribution in [2.75, 3.05) is 13.6 Å². The molecule has 6 heteroatoms. The number of quaternary nitrogens is 1. The van der Waals surface area contributed by atoms with E-state index in [0.29, 0.717) is 23.4 Å². The van der Waals surface area contributed by atoms with Gasteiger partial charge in [0, 0.05) is 23.6 Å². The first-order chi connectivity index (χ1) is 9.91. The summed E-state index contributed by atoms with van der Waals surface area (Å²) in [5.41, 5.74) is 8.19. The Labute approximate surface area is 124 Å². The van der Waals surface area contributed by atoms with Crippen molar-refractivity contribution in [2.24, 2.45) is 11.7 Å². The number of hydrogen-bond donors (Lipinski definition) is 3. The lowest BCUT2D eigenvalue weighted by Crippen LogP contribution is -3.15. The van der Waals surface area contributed by atoms with Crippen LogP contribution in [0.4, 0.5) is 0 Å². The number of ether oxygens (including phenoxy) is 1. The predicted molar refractivity (Wildman–Crippen MR) is 77.5 cm³/mol. The van der Waals surface area contributed by atoms with Crippen molar-refractivity contribution in [3.05, 3.63) is 22.7 Å². The van der Waals surface area contributed by atoms with E-state index >= 15 is 0 Å². The Hall–Kier alpha value is -2.00. The molecule has 0 radical (unpaired) electrons. The second-order valence-corrected chi connectivity index (χ2v) is 6.51. The van der Waals surface area contributed by atoms with Crippen LogP contribution in [0.25, 0.3) is 0 Å². The third-order valence-electron chi connectivity index (χ3n) is 5.31. The first-order valence-electron chi connectivity index (χ1n) is 7.37. The van der Waals surface area contributed by atoms with Crippen LogP contribution in [0.3, 0.4) is 0 Å². The topological polar surface area (TPSA) is 92.2 Å². The number of aryl methyl sites for hydroxylation is 1. The minimum Gasteiger partial charge on any atom is -0.420 e. The standard InChI is InChI=1S/C15H21N5O/c1-8-7-20(4)9(2)5-15(8)11(6-16)13(17)21-14-12(15)10(3)18-19-14/h8-9H,5,7,17H2,1-4H3,(H,18,19)/p+1/t8-,9+,15+/m0/s1. The molecule has 3 heterocycles. The lowest BCUT2D eigenvalue weighted by atomic mass is 9.60. The van der Waals surface area contributed by atoms with E-state index in [1.165, 1.54) is 4.90 Å². The zero-order valence-electron chi connectivity index (χ0n) is 12.9. The van der Waals surface area contributed by atoms with Gasteiger partial charge in [-0.3, -0.25) is 5.10 Å². The van der Waals surface area contributed by atoms with E-state index in [1.807, 2.05) is 6.92 Å². The van der Waals surface area contributed by atoms with E-state index in [0.717, 1.165) is 24.2 Å². The number of nitriles is 1. The zero-order valence-corrected chi connectivity index (χ0v) is 12.9. The summed E-state index contributed by atoms with van der Waals surface area (Å²) in [5, 5.41) is 16.9. The van der Waals surface area contributed by atoms with Crippen LogP contribution in [0, 0.1) is 24.2 Å². The number of hydrogen-bond acceptors (Lipinski definition) is 4. The Balaban J connectivity index is 2.26. The monoisotopic (exact) mass is 288 g/mol. The van der Waals surface area contributed by atoms with Gasteiger partial charge >= 0.3 is 0 Å². The maximum absolute atomic E-state index is 9.70. The third kappa shape index (κ3) is 1.70. The molecule has 4 atom stereocenters. The van der Waals surface area contributed by atoms with E-state index in [9.17, 15) is 5.26 Å². The Kier molecular flexibility index (Phi) is 2.99. The number of likely N-dealkylation sites (tertiary alicyclic amines) is 1. The summed E-state index contributed by atoms with van der Waals surface area (Å²) >= 11 is 0. The molecule has 3 rings (SSSR count). The van der Waals surface area contributed by atoms with Crippen molar-refractivity contribution in [3.63, 3.8) is 0 Å². The molecule has 1 fully saturated rings. The number of allylic oxidation sites excluding steroid dienone is 1. The molecule has 4 N–H and O–H groups in total. The van der Waals surface area contributed by atoms with Crippen LogP contribution in [0.2, 0.25) is 0 Å². The molecule has 0 amide bonds. The van der Waals surface area contributed by atoms with Gasteiger partial charge in [0.1, 0.15) is 11.6 Å². The molecule has 2 aliphatic rings. The van der Waals surface area contributed by atoms with Crippen LogP contribution < -0.4 is 15.4 Å². The van der Waals surface area contributed by atoms with Gasteiger partial charge in [0.05, 0.1) is 25.0 Å². The molecule has 6 nitrogen and oxygen atoms in total. The predicted octanol–water partition coefficient (Wildman–Crippen LogP) is -0.0148. The Morgan fingerprint density at radius 2 is 2.24 bits per heavy atom. The number of nitrogens with zero attached hydrogens (tertiary/aromatic N) is 2. The van der Waals surface area contributed by atoms with Gasteiger partial charge in [0.25, 0.3) is 0 Å². The van der Waals surface area contributed by atoms with Crippen LogP contribution in [-0.2, 0) is 5.41 Å². The molecule has 1 spiro atoms. The zero-order chi connectivity index (χ0) is 15.4. The highest BCUT2D eigenvalue weighted by molar-refractivity contribution is 5.54. The largest absolute Gasteiger partial charge is 0.420 e. The van der Waals surface area contributed by atoms with Crippen LogP contribution in [0.5, 0.6) is 5.88 Å². The van der Waals surface area contributed by atoms with Crippen molar-refractivity contribution >= 4 is 0 Å². The van der Waals surface area contributed by atoms with E-state index in [1.54, 1.807) is 0 Å². The van der Waals surface area contributed by atoms with Crippen molar-refractivity contribution in [2.45, 2.75) is 38.6 Å². The maximum Gasteiger partial charge on any atom is 0.244 e. The van der Waals surface area contributed by atoms with Crippen molar-refractivity contribution < 1.29 is 9.64 Å². The number of nitrogens with one attached hydrogen (secondary N) is 2. The normalized spacial score (nSPS) is 35.3. The van der Waals surface area contributed by atoms with E-state index in [2.05, 4.69) is 37.2 Å². The molecular formula is C15H22N5O+. The van der Waals surface area contributed by atoms with E-state index in [4.69, 9.17) is 10.5 Å². The second-order valence-electron chi connectivity index (χ2n) is 6.51. The fraction of sp³-hybridized carbons (Fsp3) is 0.600. The van der Waals surface area contributed by atoms with Crippen LogP contribution in [0.1, 0.15) is 31.5 Å². The summed E-state index contributed by atoms with van der Waals surface area (Å²) in [4.78, 5) is 1.48. The summed E-state index contributed by atoms with van der Waals surface area (Å²) in [6, 6.07) is 2.76. The van der Waals surface area contributed by atoms with Gasteiger partial charge in [-0.15, -0.1) is 5.10 Å². The fourth-order valence-electron chi connectivity index (χ4n) is 4.07. The molecule has 1 unspecified atom stereocenters. The average Bonchev–Trinajstić information content (AvgIpc) is 2.78. The molecule has 1 aromatic heterocycles. The quantitative estimate of drug-likeness (QED) is 0.626. The van der Waals surface area contributed by atoms with E-state index < -0.39 is 0 Å². The molecule has 0 aliphatic carbocycles. The SMILES string of the molecule is Cc1[nH]nc2c1[C@@]1(C[C@@H](C)[NH+](C)C[C@@H]1C)C(C#N)=C(N)O2. The number of nitrogens with two attached hydrogens (primary N) is 1. The summed E-state index contributed by atoms with van der Waals surface area (Å²) in [5.74, 6) is 1.03. The first kappa shape index (κ1) is 14.0. The van der Waals surface area contributed by atoms with Gasteiger partial charge in [-0.25, -0.2) is 0 Å². The van der Waals surface area contributed by atoms with Gasteiger partial charge in [-0.05, 0) is 13.8 Å². The highest BCUT2D eigenvalue weighted by atomic mass is 16.5. The van der Waals surface area contributed by atoms with Crippen molar-refractivity contribution in [3.8, 4) is 11.9 Å². The number of piperidine rings is 1. The van der Waals surface area contributed by atoms with Crippen molar-refractivity contribution in [1.29, 1.82) is 5.26 Å². The Bertz CT molecular complexity index is 656. The number of fused-ring (bicyclic) bond motifs is 2. The molecule has 0 bridgehead atoms. The number of aromatic nitrogens is 2. The molecule has 112 valence electrons. The lowest BCUT2D eigenvalue weighted by molar-refractivity contribution is -0.914. The minimum atomic E-state index is -0.386. The highest BCUT2D eigenvalue weighted by Gasteiger charge is 2.55. The van der Waals surface area contributed by atoms with Gasteiger partial charge in [0.2, 0.25) is 11.8 Å². The molecule has 21 heavy (non-hydrogen) atoms. The Morgan fingerprint density at radius 1 is 1.52 bits per heavy atom. The summed E-state index contributed by atoms with van der Waals surface area (Å²) in [7, 11) is 2.20. The number of aromatic amines is 1. The minimum absolute atomic E-state index is 0.204. The second kappa shape index (κ2) is 4.50. The Morgan fingerprint density at radius 3 is 2.90 bits per heavy atom. The molecule has 0 saturated carbocycles. The lowest BCUT2D eigenvalue weighted by Gasteiger charge is -2.47. The summed E-state index contributed by atoms with van der Waals surface area (Å²) in [6.45, 7) is 7.39. The fourth-order valence-corrected chi connectivity index (χ4v) is 4.07. The molecule has 1 aromatic rings. The smallest absolute Gasteiger partial charge is 0.244 e. The summed E-state index contributed by atoms with van der Waals surface area (Å²) in [6.07, 6.45) is 0.875. The number of rotatable bonds is 0. The van der Waals surface area contributed by atoms with Gasteiger partial charge in [-0.2, -0.15) is 5.26 Å². The molecule has 0 aromatic carbocycles. The van der Waals surface area contributed by atoms with Crippen LogP contribution >= 0.6 is 0 Å². The van der Waals surface area contributed by atoms with Gasteiger partial charge in [0.15, 0.2) is 0 Å². The van der Waals surface area contributed by atoms with Crippen LogP contribution in [0.15, 0.2) is 11.5 Å². The third-order valence-corrected chi connectivity index (χ3v) is 5.31. The highest BCUT2D eigenvalue weighted by Crippen LogP contribution is 2.51. The van der Waals surface area contributed by atoms with E-state index in [-0.39, 0.29) is 11.3 Å².